The summed E-state index contributed by atoms with van der Waals surface area (Å²) in [5.41, 5.74) is 5.44. The molecule has 25 heavy (non-hydrogen) atoms. The monoisotopic (exact) mass is 343 g/mol. The van der Waals surface area contributed by atoms with Crippen LogP contribution in [-0.2, 0) is 4.79 Å². The number of hydrogen-bond acceptors (Lipinski definition) is 5. The molecule has 1 aliphatic rings. The van der Waals surface area contributed by atoms with E-state index in [-0.39, 0.29) is 12.3 Å². The molecule has 0 aromatic heterocycles. The van der Waals surface area contributed by atoms with Gasteiger partial charge in [-0.2, -0.15) is 5.10 Å². The Labute approximate surface area is 146 Å². The molecule has 1 aromatic rings. The van der Waals surface area contributed by atoms with Gasteiger partial charge in [-0.25, -0.2) is 5.43 Å². The molecule has 1 amide bonds. The Hall–Kier alpha value is -2.96. The molecule has 0 radical (unpaired) electrons. The standard InChI is InChI=1S/C18H21N3O4/c1-12(2)14-5-4-13(3)17(10-14)19-20-18(22)11-25-16-8-6-15(7-9-16)21(23)24/h4,6-9,14H,1,5,10-11H2,2-3H3,(H,20,22). The lowest BCUT2D eigenvalue weighted by Crippen LogP contribution is -2.27. The highest BCUT2D eigenvalue weighted by Crippen LogP contribution is 2.26. The molecule has 2 rings (SSSR count). The SMILES string of the molecule is C=C(C)C1CC=C(C)C(=NNC(=O)COc2ccc([N+](=O)[O-])cc2)C1. The maximum atomic E-state index is 11.9. The molecule has 1 aliphatic carbocycles. The van der Waals surface area contributed by atoms with E-state index in [2.05, 4.69) is 23.2 Å². The van der Waals surface area contributed by atoms with Crippen LogP contribution in [0.4, 0.5) is 5.69 Å². The Balaban J connectivity index is 1.87. The summed E-state index contributed by atoms with van der Waals surface area (Å²) in [6, 6.07) is 5.54. The molecular weight excluding hydrogens is 322 g/mol. The van der Waals surface area contributed by atoms with Crippen molar-refractivity contribution in [2.24, 2.45) is 11.0 Å². The van der Waals surface area contributed by atoms with Crippen molar-refractivity contribution in [2.45, 2.75) is 26.7 Å². The summed E-state index contributed by atoms with van der Waals surface area (Å²) in [4.78, 5) is 22.0. The third kappa shape index (κ3) is 5.27. The molecule has 7 heteroatoms. The first kappa shape index (κ1) is 18.4. The van der Waals surface area contributed by atoms with Crippen LogP contribution in [0.2, 0.25) is 0 Å². The van der Waals surface area contributed by atoms with Gasteiger partial charge in [0.05, 0.1) is 10.6 Å². The molecule has 0 heterocycles. The van der Waals surface area contributed by atoms with Gasteiger partial charge >= 0.3 is 0 Å². The van der Waals surface area contributed by atoms with E-state index in [0.29, 0.717) is 11.7 Å². The Kier molecular flexibility index (Phi) is 6.05. The van der Waals surface area contributed by atoms with Crippen LogP contribution in [-0.4, -0.2) is 23.1 Å². The summed E-state index contributed by atoms with van der Waals surface area (Å²) in [7, 11) is 0. The summed E-state index contributed by atoms with van der Waals surface area (Å²) in [6.45, 7) is 7.72. The minimum absolute atomic E-state index is 0.0326. The minimum atomic E-state index is -0.495. The van der Waals surface area contributed by atoms with E-state index in [4.69, 9.17) is 4.74 Å². The number of nitrogens with zero attached hydrogens (tertiary/aromatic N) is 2. The fourth-order valence-corrected chi connectivity index (χ4v) is 2.40. The van der Waals surface area contributed by atoms with Gasteiger partial charge in [0.25, 0.3) is 11.6 Å². The van der Waals surface area contributed by atoms with E-state index >= 15 is 0 Å². The zero-order chi connectivity index (χ0) is 18.4. The smallest absolute Gasteiger partial charge is 0.277 e. The van der Waals surface area contributed by atoms with Crippen molar-refractivity contribution in [1.82, 2.24) is 5.43 Å². The number of allylic oxidation sites excluding steroid dienone is 3. The van der Waals surface area contributed by atoms with Gasteiger partial charge in [0.15, 0.2) is 6.61 Å². The van der Waals surface area contributed by atoms with E-state index < -0.39 is 10.8 Å². The molecule has 0 spiro atoms. The van der Waals surface area contributed by atoms with Gasteiger partial charge < -0.3 is 4.74 Å². The molecular formula is C18H21N3O4. The number of benzene rings is 1. The second kappa shape index (κ2) is 8.23. The molecule has 1 atom stereocenters. The second-order valence-corrected chi connectivity index (χ2v) is 6.00. The molecule has 0 bridgehead atoms. The Morgan fingerprint density at radius 3 is 2.72 bits per heavy atom. The van der Waals surface area contributed by atoms with Crippen LogP contribution in [0.3, 0.4) is 0 Å². The van der Waals surface area contributed by atoms with Crippen LogP contribution in [0.1, 0.15) is 26.7 Å². The maximum Gasteiger partial charge on any atom is 0.277 e. The number of carbonyl (C=O) groups excluding carboxylic acids is 1. The van der Waals surface area contributed by atoms with E-state index in [1.807, 2.05) is 13.8 Å². The highest BCUT2D eigenvalue weighted by atomic mass is 16.6. The predicted molar refractivity (Wildman–Crippen MR) is 95.5 cm³/mol. The number of hydrazone groups is 1. The number of non-ortho nitro benzene ring substituents is 1. The van der Waals surface area contributed by atoms with Crippen LogP contribution in [0, 0.1) is 16.0 Å². The van der Waals surface area contributed by atoms with E-state index in [9.17, 15) is 14.9 Å². The molecule has 132 valence electrons. The fourth-order valence-electron chi connectivity index (χ4n) is 2.40. The normalized spacial score (nSPS) is 18.4. The molecule has 1 unspecified atom stereocenters. The first-order chi connectivity index (χ1) is 11.9. The summed E-state index contributed by atoms with van der Waals surface area (Å²) in [5.74, 6) is 0.330. The lowest BCUT2D eigenvalue weighted by atomic mass is 9.85. The van der Waals surface area contributed by atoms with Crippen LogP contribution < -0.4 is 10.2 Å². The van der Waals surface area contributed by atoms with Crippen molar-refractivity contribution in [3.63, 3.8) is 0 Å². The first-order valence-corrected chi connectivity index (χ1v) is 7.92. The first-order valence-electron chi connectivity index (χ1n) is 7.92. The summed E-state index contributed by atoms with van der Waals surface area (Å²) < 4.78 is 5.30. The third-order valence-electron chi connectivity index (χ3n) is 4.03. The Bertz CT molecular complexity index is 735. The summed E-state index contributed by atoms with van der Waals surface area (Å²) in [6.07, 6.45) is 3.79. The van der Waals surface area contributed by atoms with E-state index in [1.54, 1.807) is 0 Å². The predicted octanol–water partition coefficient (Wildman–Crippen LogP) is 3.38. The topological polar surface area (TPSA) is 93.8 Å². The average Bonchev–Trinajstić information content (AvgIpc) is 2.59. The van der Waals surface area contributed by atoms with Crippen LogP contribution in [0.5, 0.6) is 5.75 Å². The van der Waals surface area contributed by atoms with Gasteiger partial charge in [0, 0.05) is 12.1 Å². The number of nitro groups is 1. The summed E-state index contributed by atoms with van der Waals surface area (Å²) in [5, 5.41) is 14.8. The van der Waals surface area contributed by atoms with E-state index in [0.717, 1.165) is 29.7 Å². The highest BCUT2D eigenvalue weighted by Gasteiger charge is 2.18. The maximum absolute atomic E-state index is 11.9. The van der Waals surface area contributed by atoms with Gasteiger partial charge in [0.1, 0.15) is 5.75 Å². The third-order valence-corrected chi connectivity index (χ3v) is 4.03. The molecule has 0 fully saturated rings. The largest absolute Gasteiger partial charge is 0.484 e. The quantitative estimate of drug-likeness (QED) is 0.487. The molecule has 1 aromatic carbocycles. The van der Waals surface area contributed by atoms with Crippen LogP contribution in [0.25, 0.3) is 0 Å². The molecule has 0 aliphatic heterocycles. The molecule has 0 saturated heterocycles. The molecule has 7 nitrogen and oxygen atoms in total. The molecule has 0 saturated carbocycles. The van der Waals surface area contributed by atoms with Gasteiger partial charge in [-0.1, -0.05) is 18.2 Å². The van der Waals surface area contributed by atoms with Crippen molar-refractivity contribution in [1.29, 1.82) is 0 Å². The number of amides is 1. The van der Waals surface area contributed by atoms with Crippen LogP contribution in [0.15, 0.2) is 53.2 Å². The minimum Gasteiger partial charge on any atom is -0.484 e. The van der Waals surface area contributed by atoms with Gasteiger partial charge in [-0.15, -0.1) is 0 Å². The van der Waals surface area contributed by atoms with E-state index in [1.165, 1.54) is 24.3 Å². The van der Waals surface area contributed by atoms with Gasteiger partial charge in [0.2, 0.25) is 0 Å². The number of carbonyl (C=O) groups is 1. The molecule has 1 N–H and O–H groups in total. The number of nitro benzene ring substituents is 1. The van der Waals surface area contributed by atoms with Crippen molar-refractivity contribution >= 4 is 17.3 Å². The average molecular weight is 343 g/mol. The lowest BCUT2D eigenvalue weighted by Gasteiger charge is -2.22. The number of hydrogen-bond donors (Lipinski definition) is 1. The number of ether oxygens (including phenoxy) is 1. The fraction of sp³-hybridized carbons (Fsp3) is 0.333. The van der Waals surface area contributed by atoms with Crippen molar-refractivity contribution < 1.29 is 14.5 Å². The van der Waals surface area contributed by atoms with Crippen LogP contribution >= 0.6 is 0 Å². The Morgan fingerprint density at radius 2 is 2.12 bits per heavy atom. The van der Waals surface area contributed by atoms with Crippen molar-refractivity contribution in [3.8, 4) is 5.75 Å². The van der Waals surface area contributed by atoms with Crippen molar-refractivity contribution in [3.05, 3.63) is 58.2 Å². The van der Waals surface area contributed by atoms with Crippen molar-refractivity contribution in [2.75, 3.05) is 6.61 Å². The number of rotatable bonds is 6. The Morgan fingerprint density at radius 1 is 1.44 bits per heavy atom. The second-order valence-electron chi connectivity index (χ2n) is 6.00. The van der Waals surface area contributed by atoms with Gasteiger partial charge in [-0.3, -0.25) is 14.9 Å². The highest BCUT2D eigenvalue weighted by molar-refractivity contribution is 6.01. The lowest BCUT2D eigenvalue weighted by molar-refractivity contribution is -0.384. The summed E-state index contributed by atoms with van der Waals surface area (Å²) >= 11 is 0. The number of nitrogens with one attached hydrogen (secondary N) is 1. The zero-order valence-electron chi connectivity index (χ0n) is 14.3. The van der Waals surface area contributed by atoms with Gasteiger partial charge in [-0.05, 0) is 50.3 Å². The zero-order valence-corrected chi connectivity index (χ0v) is 14.3.